The van der Waals surface area contributed by atoms with Gasteiger partial charge in [-0.1, -0.05) is 15.9 Å². The molecule has 0 radical (unpaired) electrons. The van der Waals surface area contributed by atoms with Gasteiger partial charge in [-0.3, -0.25) is 9.69 Å². The molecule has 1 atom stereocenters. The Morgan fingerprint density at radius 1 is 1.42 bits per heavy atom. The third-order valence-corrected chi connectivity index (χ3v) is 3.90. The first kappa shape index (κ1) is 14.5. The molecule has 3 nitrogen and oxygen atoms in total. The van der Waals surface area contributed by atoms with Gasteiger partial charge in [-0.2, -0.15) is 0 Å². The number of likely N-dealkylation sites (tertiary alicyclic amines) is 1. The van der Waals surface area contributed by atoms with E-state index in [1.54, 1.807) is 6.07 Å². The number of hydrogen-bond acceptors (Lipinski definition) is 2. The largest absolute Gasteiger partial charge is 0.350 e. The molecule has 19 heavy (non-hydrogen) atoms. The van der Waals surface area contributed by atoms with E-state index in [9.17, 15) is 9.18 Å². The van der Waals surface area contributed by atoms with E-state index >= 15 is 0 Å². The maximum Gasteiger partial charge on any atom is 0.251 e. The standard InChI is InChI=1S/C14H18BrFN2O/c1-10(18-4-2-3-5-18)9-17-14(19)11-6-12(15)8-13(16)7-11/h6-8,10H,2-5,9H2,1H3,(H,17,19). The van der Waals surface area contributed by atoms with Gasteiger partial charge in [-0.15, -0.1) is 0 Å². The van der Waals surface area contributed by atoms with Crippen LogP contribution in [0.1, 0.15) is 30.1 Å². The number of hydrogen-bond donors (Lipinski definition) is 1. The maximum absolute atomic E-state index is 13.2. The fraction of sp³-hybridized carbons (Fsp3) is 0.500. The Kier molecular flexibility index (Phi) is 4.93. The zero-order valence-corrected chi connectivity index (χ0v) is 12.5. The minimum atomic E-state index is -0.410. The predicted octanol–water partition coefficient (Wildman–Crippen LogP) is 2.80. The van der Waals surface area contributed by atoms with Crippen molar-refractivity contribution < 1.29 is 9.18 Å². The van der Waals surface area contributed by atoms with Crippen LogP contribution in [0.15, 0.2) is 22.7 Å². The van der Waals surface area contributed by atoms with Crippen molar-refractivity contribution in [2.75, 3.05) is 19.6 Å². The normalized spacial score (nSPS) is 17.4. The van der Waals surface area contributed by atoms with Gasteiger partial charge in [0, 0.05) is 22.6 Å². The Balaban J connectivity index is 1.89. The fourth-order valence-electron chi connectivity index (χ4n) is 2.34. The second-order valence-corrected chi connectivity index (χ2v) is 5.88. The van der Waals surface area contributed by atoms with Crippen molar-refractivity contribution in [2.24, 2.45) is 0 Å². The Hall–Kier alpha value is -0.940. The lowest BCUT2D eigenvalue weighted by molar-refractivity contribution is 0.0940. The van der Waals surface area contributed by atoms with E-state index in [1.165, 1.54) is 25.0 Å². The summed E-state index contributed by atoms with van der Waals surface area (Å²) in [4.78, 5) is 14.3. The van der Waals surface area contributed by atoms with Crippen LogP contribution in [0.4, 0.5) is 4.39 Å². The number of halogens is 2. The molecule has 1 aliphatic rings. The Morgan fingerprint density at radius 2 is 2.11 bits per heavy atom. The zero-order valence-electron chi connectivity index (χ0n) is 11.0. The summed E-state index contributed by atoms with van der Waals surface area (Å²) < 4.78 is 13.8. The molecule has 2 rings (SSSR count). The van der Waals surface area contributed by atoms with Crippen molar-refractivity contribution in [3.05, 3.63) is 34.1 Å². The van der Waals surface area contributed by atoms with Crippen molar-refractivity contribution >= 4 is 21.8 Å². The quantitative estimate of drug-likeness (QED) is 0.921. The molecule has 1 unspecified atom stereocenters. The van der Waals surface area contributed by atoms with E-state index in [-0.39, 0.29) is 5.91 Å². The summed E-state index contributed by atoms with van der Waals surface area (Å²) in [5.41, 5.74) is 0.348. The molecule has 1 aromatic rings. The summed E-state index contributed by atoms with van der Waals surface area (Å²) in [6, 6.07) is 4.53. The van der Waals surface area contributed by atoms with Crippen LogP contribution in [0.2, 0.25) is 0 Å². The summed E-state index contributed by atoms with van der Waals surface area (Å²) in [5, 5.41) is 2.86. The number of amides is 1. The van der Waals surface area contributed by atoms with Crippen molar-refractivity contribution in [3.8, 4) is 0 Å². The average molecular weight is 329 g/mol. The van der Waals surface area contributed by atoms with Crippen LogP contribution in [-0.2, 0) is 0 Å². The summed E-state index contributed by atoms with van der Waals surface area (Å²) in [6.45, 7) is 4.89. The third kappa shape index (κ3) is 4.01. The molecule has 0 bridgehead atoms. The first-order chi connectivity index (χ1) is 9.06. The molecule has 1 aliphatic heterocycles. The fourth-order valence-corrected chi connectivity index (χ4v) is 2.80. The lowest BCUT2D eigenvalue weighted by Gasteiger charge is -2.23. The van der Waals surface area contributed by atoms with Crippen LogP contribution in [0, 0.1) is 5.82 Å². The van der Waals surface area contributed by atoms with Crippen LogP contribution >= 0.6 is 15.9 Å². The van der Waals surface area contributed by atoms with Crippen LogP contribution in [0.5, 0.6) is 0 Å². The van der Waals surface area contributed by atoms with Crippen LogP contribution < -0.4 is 5.32 Å². The molecule has 0 spiro atoms. The number of nitrogens with one attached hydrogen (secondary N) is 1. The number of carbonyl (C=O) groups is 1. The number of rotatable bonds is 4. The van der Waals surface area contributed by atoms with Gasteiger partial charge in [0.1, 0.15) is 5.82 Å². The minimum Gasteiger partial charge on any atom is -0.350 e. The second kappa shape index (κ2) is 6.48. The zero-order chi connectivity index (χ0) is 13.8. The molecule has 1 amide bonds. The maximum atomic E-state index is 13.2. The smallest absolute Gasteiger partial charge is 0.251 e. The molecular formula is C14H18BrFN2O. The predicted molar refractivity (Wildman–Crippen MR) is 76.7 cm³/mol. The molecule has 0 aromatic heterocycles. The first-order valence-corrected chi connectivity index (χ1v) is 7.34. The van der Waals surface area contributed by atoms with Gasteiger partial charge in [-0.05, 0) is 51.1 Å². The third-order valence-electron chi connectivity index (χ3n) is 3.45. The van der Waals surface area contributed by atoms with Crippen molar-refractivity contribution in [2.45, 2.75) is 25.8 Å². The van der Waals surface area contributed by atoms with Crippen molar-refractivity contribution in [1.29, 1.82) is 0 Å². The molecule has 1 N–H and O–H groups in total. The Morgan fingerprint density at radius 3 is 2.74 bits per heavy atom. The average Bonchev–Trinajstić information content (AvgIpc) is 2.88. The summed E-state index contributed by atoms with van der Waals surface area (Å²) >= 11 is 3.19. The summed E-state index contributed by atoms with van der Waals surface area (Å²) in [6.07, 6.45) is 2.46. The molecule has 0 saturated carbocycles. The van der Waals surface area contributed by atoms with E-state index in [0.717, 1.165) is 13.1 Å². The van der Waals surface area contributed by atoms with Gasteiger partial charge in [0.2, 0.25) is 0 Å². The molecule has 5 heteroatoms. The monoisotopic (exact) mass is 328 g/mol. The van der Waals surface area contributed by atoms with Gasteiger partial charge < -0.3 is 5.32 Å². The van der Waals surface area contributed by atoms with E-state index in [2.05, 4.69) is 33.1 Å². The molecule has 1 heterocycles. The van der Waals surface area contributed by atoms with Crippen molar-refractivity contribution in [1.82, 2.24) is 10.2 Å². The first-order valence-electron chi connectivity index (χ1n) is 6.54. The lowest BCUT2D eigenvalue weighted by atomic mass is 10.2. The van der Waals surface area contributed by atoms with Gasteiger partial charge >= 0.3 is 0 Å². The van der Waals surface area contributed by atoms with Crippen LogP contribution in [-0.4, -0.2) is 36.5 Å². The lowest BCUT2D eigenvalue weighted by Crippen LogP contribution is -2.40. The molecule has 1 saturated heterocycles. The van der Waals surface area contributed by atoms with Gasteiger partial charge in [0.25, 0.3) is 5.91 Å². The number of benzene rings is 1. The van der Waals surface area contributed by atoms with Gasteiger partial charge in [0.05, 0.1) is 0 Å². The topological polar surface area (TPSA) is 32.3 Å². The van der Waals surface area contributed by atoms with Crippen molar-refractivity contribution in [3.63, 3.8) is 0 Å². The molecule has 104 valence electrons. The number of carbonyl (C=O) groups excluding carboxylic acids is 1. The van der Waals surface area contributed by atoms with Gasteiger partial charge in [-0.25, -0.2) is 4.39 Å². The SMILES string of the molecule is CC(CNC(=O)c1cc(F)cc(Br)c1)N1CCCC1. The van der Waals surface area contributed by atoms with E-state index < -0.39 is 5.82 Å². The van der Waals surface area contributed by atoms with Crippen LogP contribution in [0.25, 0.3) is 0 Å². The summed E-state index contributed by atoms with van der Waals surface area (Å²) in [7, 11) is 0. The van der Waals surface area contributed by atoms with Gasteiger partial charge in [0.15, 0.2) is 0 Å². The van der Waals surface area contributed by atoms with E-state index in [0.29, 0.717) is 22.6 Å². The Labute approximate surface area is 121 Å². The highest BCUT2D eigenvalue weighted by molar-refractivity contribution is 9.10. The minimum absolute atomic E-state index is 0.230. The molecule has 0 aliphatic carbocycles. The van der Waals surface area contributed by atoms with E-state index in [4.69, 9.17) is 0 Å². The number of nitrogens with zero attached hydrogens (tertiary/aromatic N) is 1. The highest BCUT2D eigenvalue weighted by atomic mass is 79.9. The van der Waals surface area contributed by atoms with E-state index in [1.807, 2.05) is 0 Å². The van der Waals surface area contributed by atoms with Crippen LogP contribution in [0.3, 0.4) is 0 Å². The Bertz CT molecular complexity index is 441. The molecule has 1 fully saturated rings. The molecular weight excluding hydrogens is 311 g/mol. The second-order valence-electron chi connectivity index (χ2n) is 4.96. The highest BCUT2D eigenvalue weighted by Gasteiger charge is 2.18. The highest BCUT2D eigenvalue weighted by Crippen LogP contribution is 2.15. The summed E-state index contributed by atoms with van der Waals surface area (Å²) in [5.74, 6) is -0.640. The molecule has 1 aromatic carbocycles.